The topological polar surface area (TPSA) is 49.4 Å². The van der Waals surface area contributed by atoms with Crippen LogP contribution in [0, 0.1) is 0 Å². The van der Waals surface area contributed by atoms with Crippen LogP contribution < -0.4 is 5.32 Å². The van der Waals surface area contributed by atoms with Gasteiger partial charge in [0.2, 0.25) is 11.8 Å². The van der Waals surface area contributed by atoms with Crippen LogP contribution in [-0.2, 0) is 29.0 Å². The van der Waals surface area contributed by atoms with Crippen molar-refractivity contribution < 1.29 is 9.59 Å². The van der Waals surface area contributed by atoms with Gasteiger partial charge in [0.15, 0.2) is 0 Å². The normalized spacial score (nSPS) is 11.6. The Bertz CT molecular complexity index is 1120. The maximum Gasteiger partial charge on any atom is 0.243 e. The Hall–Kier alpha value is -2.34. The number of halogens is 3. The number of nitrogens with one attached hydrogen (secondary N) is 1. The SMILES string of the molecule is CCCNC(=O)[C@@H](Cc1ccccc1)N(Cc1cccc(Br)c1)C(=O)Cc1ccc(Cl)cc1Cl. The van der Waals surface area contributed by atoms with Gasteiger partial charge in [-0.05, 0) is 47.4 Å². The van der Waals surface area contributed by atoms with E-state index in [-0.39, 0.29) is 18.2 Å². The highest BCUT2D eigenvalue weighted by Gasteiger charge is 2.30. The fraction of sp³-hybridized carbons (Fsp3) is 0.259. The monoisotopic (exact) mass is 560 g/mol. The Morgan fingerprint density at radius 3 is 2.38 bits per heavy atom. The van der Waals surface area contributed by atoms with Crippen molar-refractivity contribution in [3.05, 3.63) is 104 Å². The standard InChI is InChI=1S/C27H27BrCl2N2O2/c1-2-13-31-27(34)25(15-19-7-4-3-5-8-19)32(18-20-9-6-10-22(28)14-20)26(33)16-21-11-12-23(29)17-24(21)30/h3-12,14,17,25H,2,13,15-16,18H2,1H3,(H,31,34)/t25-/m1/s1. The third-order valence-electron chi connectivity index (χ3n) is 5.42. The molecule has 7 heteroatoms. The average Bonchev–Trinajstić information content (AvgIpc) is 2.82. The number of nitrogens with zero attached hydrogens (tertiary/aromatic N) is 1. The molecule has 0 heterocycles. The molecule has 0 bridgehead atoms. The van der Waals surface area contributed by atoms with E-state index in [1.165, 1.54) is 0 Å². The summed E-state index contributed by atoms with van der Waals surface area (Å²) in [6.45, 7) is 2.84. The van der Waals surface area contributed by atoms with E-state index in [0.29, 0.717) is 35.1 Å². The maximum absolute atomic E-state index is 13.7. The molecule has 1 N–H and O–H groups in total. The Balaban J connectivity index is 1.97. The van der Waals surface area contributed by atoms with Crippen molar-refractivity contribution in [2.75, 3.05) is 6.54 Å². The van der Waals surface area contributed by atoms with E-state index in [1.54, 1.807) is 23.1 Å². The van der Waals surface area contributed by atoms with E-state index in [0.717, 1.165) is 22.0 Å². The fourth-order valence-corrected chi connectivity index (χ4v) is 4.60. The van der Waals surface area contributed by atoms with Crippen LogP contribution in [0.15, 0.2) is 77.3 Å². The quantitative estimate of drug-likeness (QED) is 0.308. The van der Waals surface area contributed by atoms with E-state index >= 15 is 0 Å². The van der Waals surface area contributed by atoms with Crippen LogP contribution in [0.1, 0.15) is 30.0 Å². The minimum atomic E-state index is -0.675. The predicted molar refractivity (Wildman–Crippen MR) is 142 cm³/mol. The number of carbonyl (C=O) groups is 2. The molecular weight excluding hydrogens is 535 g/mol. The zero-order valence-corrected chi connectivity index (χ0v) is 22.0. The van der Waals surface area contributed by atoms with Gasteiger partial charge in [0.25, 0.3) is 0 Å². The Labute approximate surface area is 219 Å². The molecule has 0 spiro atoms. The van der Waals surface area contributed by atoms with Crippen molar-refractivity contribution in [1.82, 2.24) is 10.2 Å². The smallest absolute Gasteiger partial charge is 0.243 e. The number of hydrogen-bond acceptors (Lipinski definition) is 2. The number of hydrogen-bond donors (Lipinski definition) is 1. The van der Waals surface area contributed by atoms with Crippen molar-refractivity contribution in [3.63, 3.8) is 0 Å². The first-order valence-corrected chi connectivity index (χ1v) is 12.7. The van der Waals surface area contributed by atoms with Gasteiger partial charge in [-0.1, -0.05) is 94.6 Å². The highest BCUT2D eigenvalue weighted by molar-refractivity contribution is 9.10. The lowest BCUT2D eigenvalue weighted by Crippen LogP contribution is -2.51. The van der Waals surface area contributed by atoms with Crippen LogP contribution in [0.25, 0.3) is 0 Å². The Morgan fingerprint density at radius 1 is 0.971 bits per heavy atom. The zero-order chi connectivity index (χ0) is 24.5. The molecule has 34 heavy (non-hydrogen) atoms. The highest BCUT2D eigenvalue weighted by atomic mass is 79.9. The summed E-state index contributed by atoms with van der Waals surface area (Å²) < 4.78 is 0.910. The minimum absolute atomic E-state index is 0.0658. The zero-order valence-electron chi connectivity index (χ0n) is 18.9. The van der Waals surface area contributed by atoms with Crippen LogP contribution in [0.5, 0.6) is 0 Å². The molecule has 0 aliphatic heterocycles. The number of amides is 2. The summed E-state index contributed by atoms with van der Waals surface area (Å²) in [5, 5.41) is 3.92. The van der Waals surface area contributed by atoms with Gasteiger partial charge in [-0.2, -0.15) is 0 Å². The summed E-state index contributed by atoms with van der Waals surface area (Å²) >= 11 is 15.9. The lowest BCUT2D eigenvalue weighted by molar-refractivity contribution is -0.140. The average molecular weight is 562 g/mol. The number of rotatable bonds is 10. The molecule has 0 aromatic heterocycles. The molecule has 0 radical (unpaired) electrons. The Kier molecular flexibility index (Phi) is 10.00. The van der Waals surface area contributed by atoms with Crippen molar-refractivity contribution >= 4 is 50.9 Å². The molecule has 2 amide bonds. The van der Waals surface area contributed by atoms with Crippen molar-refractivity contribution in [2.24, 2.45) is 0 Å². The van der Waals surface area contributed by atoms with Gasteiger partial charge in [-0.25, -0.2) is 0 Å². The van der Waals surface area contributed by atoms with Gasteiger partial charge in [0.1, 0.15) is 6.04 Å². The van der Waals surface area contributed by atoms with Crippen LogP contribution in [-0.4, -0.2) is 29.3 Å². The molecule has 3 aromatic rings. The van der Waals surface area contributed by atoms with E-state index in [2.05, 4.69) is 21.2 Å². The van der Waals surface area contributed by atoms with Gasteiger partial charge in [0, 0.05) is 34.0 Å². The lowest BCUT2D eigenvalue weighted by Gasteiger charge is -2.32. The number of carbonyl (C=O) groups excluding carboxylic acids is 2. The largest absolute Gasteiger partial charge is 0.354 e. The number of benzene rings is 3. The lowest BCUT2D eigenvalue weighted by atomic mass is 10.0. The van der Waals surface area contributed by atoms with Crippen molar-refractivity contribution in [1.29, 1.82) is 0 Å². The summed E-state index contributed by atoms with van der Waals surface area (Å²) in [7, 11) is 0. The highest BCUT2D eigenvalue weighted by Crippen LogP contribution is 2.24. The van der Waals surface area contributed by atoms with Gasteiger partial charge in [-0.3, -0.25) is 9.59 Å². The van der Waals surface area contributed by atoms with Crippen LogP contribution in [0.2, 0.25) is 10.0 Å². The fourth-order valence-electron chi connectivity index (χ4n) is 3.68. The van der Waals surface area contributed by atoms with E-state index in [1.807, 2.05) is 61.5 Å². The summed E-state index contributed by atoms with van der Waals surface area (Å²) in [5.74, 6) is -0.354. The molecule has 0 saturated carbocycles. The second-order valence-electron chi connectivity index (χ2n) is 8.06. The van der Waals surface area contributed by atoms with Crippen molar-refractivity contribution in [3.8, 4) is 0 Å². The second-order valence-corrected chi connectivity index (χ2v) is 9.82. The summed E-state index contributed by atoms with van der Waals surface area (Å²) in [6.07, 6.45) is 1.28. The molecule has 3 aromatic carbocycles. The van der Waals surface area contributed by atoms with Crippen LogP contribution in [0.4, 0.5) is 0 Å². The van der Waals surface area contributed by atoms with E-state index in [4.69, 9.17) is 23.2 Å². The molecule has 178 valence electrons. The van der Waals surface area contributed by atoms with Gasteiger partial charge in [0.05, 0.1) is 6.42 Å². The van der Waals surface area contributed by atoms with Gasteiger partial charge < -0.3 is 10.2 Å². The minimum Gasteiger partial charge on any atom is -0.354 e. The van der Waals surface area contributed by atoms with Crippen LogP contribution >= 0.6 is 39.1 Å². The molecule has 0 saturated heterocycles. The maximum atomic E-state index is 13.7. The Morgan fingerprint density at radius 2 is 1.71 bits per heavy atom. The first-order chi connectivity index (χ1) is 16.4. The first-order valence-electron chi connectivity index (χ1n) is 11.2. The van der Waals surface area contributed by atoms with E-state index in [9.17, 15) is 9.59 Å². The predicted octanol–water partition coefficient (Wildman–Crippen LogP) is 6.46. The molecule has 1 atom stereocenters. The molecule has 3 rings (SSSR count). The summed E-state index contributed by atoms with van der Waals surface area (Å²) in [4.78, 5) is 28.7. The summed E-state index contributed by atoms with van der Waals surface area (Å²) in [5.41, 5.74) is 2.57. The molecular formula is C27H27BrCl2N2O2. The third-order valence-corrected chi connectivity index (χ3v) is 6.50. The summed E-state index contributed by atoms with van der Waals surface area (Å²) in [6, 6.07) is 21.9. The molecule has 0 aliphatic carbocycles. The second kappa shape index (κ2) is 12.9. The van der Waals surface area contributed by atoms with Crippen molar-refractivity contribution in [2.45, 2.75) is 38.8 Å². The van der Waals surface area contributed by atoms with E-state index < -0.39 is 6.04 Å². The molecule has 0 unspecified atom stereocenters. The van der Waals surface area contributed by atoms with Gasteiger partial charge in [-0.15, -0.1) is 0 Å². The van der Waals surface area contributed by atoms with Gasteiger partial charge >= 0.3 is 0 Å². The van der Waals surface area contributed by atoms with Crippen LogP contribution in [0.3, 0.4) is 0 Å². The molecule has 0 fully saturated rings. The third kappa shape index (κ3) is 7.59. The molecule has 0 aliphatic rings. The first kappa shape index (κ1) is 26.3. The molecule has 4 nitrogen and oxygen atoms in total.